The maximum Gasteiger partial charge on any atom is 0.265 e. The Balaban J connectivity index is 1.56. The average molecular weight is 345 g/mol. The smallest absolute Gasteiger partial charge is 0.265 e. The zero-order chi connectivity index (χ0) is 16.5. The summed E-state index contributed by atoms with van der Waals surface area (Å²) >= 11 is 1.37. The van der Waals surface area contributed by atoms with Crippen LogP contribution in [0.5, 0.6) is 17.2 Å². The van der Waals surface area contributed by atoms with Crippen molar-refractivity contribution in [2.24, 2.45) is 0 Å². The third-order valence-electron chi connectivity index (χ3n) is 4.48. The van der Waals surface area contributed by atoms with Crippen LogP contribution in [0.4, 0.5) is 0 Å². The summed E-state index contributed by atoms with van der Waals surface area (Å²) in [4.78, 5) is 13.3. The summed E-state index contributed by atoms with van der Waals surface area (Å²) in [5, 5.41) is 5.00. The summed E-state index contributed by atoms with van der Waals surface area (Å²) in [6, 6.07) is 6.10. The number of amides is 1. The lowest BCUT2D eigenvalue weighted by Gasteiger charge is -2.27. The molecule has 0 fully saturated rings. The molecule has 0 bridgehead atoms. The SMILES string of the molecule is COc1ccc2c(c1)CCC[C@@H]2NC(=O)c1scc2c1OCCO2. The topological polar surface area (TPSA) is 56.8 Å². The molecule has 2 aromatic rings. The van der Waals surface area contributed by atoms with Gasteiger partial charge in [-0.25, -0.2) is 0 Å². The molecule has 0 saturated heterocycles. The largest absolute Gasteiger partial charge is 0.497 e. The Morgan fingerprint density at radius 1 is 1.33 bits per heavy atom. The van der Waals surface area contributed by atoms with E-state index >= 15 is 0 Å². The van der Waals surface area contributed by atoms with Crippen molar-refractivity contribution in [3.8, 4) is 17.2 Å². The van der Waals surface area contributed by atoms with Gasteiger partial charge in [-0.1, -0.05) is 6.07 Å². The molecule has 1 atom stereocenters. The molecule has 1 N–H and O–H groups in total. The van der Waals surface area contributed by atoms with Crippen molar-refractivity contribution in [3.05, 3.63) is 39.6 Å². The van der Waals surface area contributed by atoms with Crippen LogP contribution in [0.2, 0.25) is 0 Å². The molecule has 24 heavy (non-hydrogen) atoms. The van der Waals surface area contributed by atoms with Gasteiger partial charge in [0.25, 0.3) is 5.91 Å². The van der Waals surface area contributed by atoms with Crippen LogP contribution in [-0.2, 0) is 6.42 Å². The van der Waals surface area contributed by atoms with E-state index in [1.165, 1.54) is 22.5 Å². The highest BCUT2D eigenvalue weighted by atomic mass is 32.1. The predicted octanol–water partition coefficient (Wildman–Crippen LogP) is 3.34. The molecule has 6 heteroatoms. The van der Waals surface area contributed by atoms with Gasteiger partial charge in [0.2, 0.25) is 0 Å². The molecule has 126 valence electrons. The minimum Gasteiger partial charge on any atom is -0.497 e. The first-order valence-corrected chi connectivity index (χ1v) is 8.99. The van der Waals surface area contributed by atoms with Gasteiger partial charge in [-0.2, -0.15) is 0 Å². The lowest BCUT2D eigenvalue weighted by molar-refractivity contribution is 0.0928. The molecule has 1 aliphatic carbocycles. The Morgan fingerprint density at radius 3 is 3.08 bits per heavy atom. The molecule has 0 saturated carbocycles. The summed E-state index contributed by atoms with van der Waals surface area (Å²) in [7, 11) is 1.67. The van der Waals surface area contributed by atoms with Gasteiger partial charge < -0.3 is 19.5 Å². The van der Waals surface area contributed by atoms with E-state index in [0.29, 0.717) is 29.6 Å². The Bertz CT molecular complexity index is 770. The first-order chi connectivity index (χ1) is 11.8. The van der Waals surface area contributed by atoms with E-state index in [9.17, 15) is 4.79 Å². The molecule has 5 nitrogen and oxygen atoms in total. The minimum absolute atomic E-state index is 0.0226. The van der Waals surface area contributed by atoms with E-state index in [0.717, 1.165) is 25.0 Å². The predicted molar refractivity (Wildman–Crippen MR) is 91.4 cm³/mol. The second-order valence-electron chi connectivity index (χ2n) is 5.94. The highest BCUT2D eigenvalue weighted by Gasteiger charge is 2.27. The summed E-state index contributed by atoms with van der Waals surface area (Å²) in [5.74, 6) is 2.01. The van der Waals surface area contributed by atoms with Crippen LogP contribution < -0.4 is 19.5 Å². The van der Waals surface area contributed by atoms with Crippen LogP contribution >= 0.6 is 11.3 Å². The lowest BCUT2D eigenvalue weighted by Crippen LogP contribution is -2.31. The van der Waals surface area contributed by atoms with Gasteiger partial charge in [0.1, 0.15) is 23.8 Å². The molecule has 2 heterocycles. The molecule has 2 aliphatic rings. The van der Waals surface area contributed by atoms with Gasteiger partial charge in [0, 0.05) is 5.38 Å². The van der Waals surface area contributed by atoms with Gasteiger partial charge in [0.15, 0.2) is 11.5 Å². The first kappa shape index (κ1) is 15.3. The molecular weight excluding hydrogens is 326 g/mol. The third kappa shape index (κ3) is 2.71. The molecule has 1 aliphatic heterocycles. The van der Waals surface area contributed by atoms with Gasteiger partial charge in [-0.05, 0) is 42.5 Å². The molecule has 1 aromatic heterocycles. The molecule has 0 spiro atoms. The minimum atomic E-state index is -0.0968. The Hall–Kier alpha value is -2.21. The number of carbonyl (C=O) groups is 1. The molecule has 4 rings (SSSR count). The average Bonchev–Trinajstić information content (AvgIpc) is 3.05. The molecule has 1 aromatic carbocycles. The van der Waals surface area contributed by atoms with Gasteiger partial charge in [0.05, 0.1) is 13.2 Å². The van der Waals surface area contributed by atoms with Crippen LogP contribution in [0.3, 0.4) is 0 Å². The second-order valence-corrected chi connectivity index (χ2v) is 6.82. The van der Waals surface area contributed by atoms with E-state index in [1.807, 2.05) is 11.4 Å². The number of carbonyl (C=O) groups excluding carboxylic acids is 1. The number of hydrogen-bond acceptors (Lipinski definition) is 5. The van der Waals surface area contributed by atoms with Crippen molar-refractivity contribution in [3.63, 3.8) is 0 Å². The van der Waals surface area contributed by atoms with Crippen LogP contribution in [0.1, 0.15) is 39.7 Å². The fourth-order valence-corrected chi connectivity index (χ4v) is 4.14. The summed E-state index contributed by atoms with van der Waals surface area (Å²) in [6.45, 7) is 1.01. The quantitative estimate of drug-likeness (QED) is 0.927. The number of hydrogen-bond donors (Lipinski definition) is 1. The summed E-state index contributed by atoms with van der Waals surface area (Å²) in [5.41, 5.74) is 2.43. The second kappa shape index (κ2) is 6.36. The summed E-state index contributed by atoms with van der Waals surface area (Å²) in [6.07, 6.45) is 3.01. The highest BCUT2D eigenvalue weighted by molar-refractivity contribution is 7.12. The van der Waals surface area contributed by atoms with Crippen LogP contribution in [0.25, 0.3) is 0 Å². The Kier molecular flexibility index (Phi) is 4.06. The van der Waals surface area contributed by atoms with Crippen LogP contribution in [-0.4, -0.2) is 26.2 Å². The van der Waals surface area contributed by atoms with E-state index in [2.05, 4.69) is 17.4 Å². The van der Waals surface area contributed by atoms with E-state index in [4.69, 9.17) is 14.2 Å². The molecule has 1 amide bonds. The van der Waals surface area contributed by atoms with Crippen molar-refractivity contribution >= 4 is 17.2 Å². The number of rotatable bonds is 3. The fourth-order valence-electron chi connectivity index (χ4n) is 3.31. The number of thiophene rings is 1. The van der Waals surface area contributed by atoms with Gasteiger partial charge in [-0.3, -0.25) is 4.79 Å². The Morgan fingerprint density at radius 2 is 2.21 bits per heavy atom. The first-order valence-electron chi connectivity index (χ1n) is 8.11. The van der Waals surface area contributed by atoms with Crippen molar-refractivity contribution in [1.82, 2.24) is 5.32 Å². The van der Waals surface area contributed by atoms with Crippen LogP contribution in [0.15, 0.2) is 23.6 Å². The molecule has 0 radical (unpaired) electrons. The van der Waals surface area contributed by atoms with Crippen molar-refractivity contribution < 1.29 is 19.0 Å². The molecular formula is C18H19NO4S. The van der Waals surface area contributed by atoms with E-state index in [-0.39, 0.29) is 11.9 Å². The van der Waals surface area contributed by atoms with Crippen molar-refractivity contribution in [1.29, 1.82) is 0 Å². The summed E-state index contributed by atoms with van der Waals surface area (Å²) < 4.78 is 16.4. The monoisotopic (exact) mass is 345 g/mol. The number of fused-ring (bicyclic) bond motifs is 2. The number of aryl methyl sites for hydroxylation is 1. The van der Waals surface area contributed by atoms with Crippen molar-refractivity contribution in [2.75, 3.05) is 20.3 Å². The zero-order valence-corrected chi connectivity index (χ0v) is 14.3. The Labute approximate surface area is 144 Å². The number of methoxy groups -OCH3 is 1. The number of nitrogens with one attached hydrogen (secondary N) is 1. The lowest BCUT2D eigenvalue weighted by atomic mass is 9.87. The van der Waals surface area contributed by atoms with E-state index < -0.39 is 0 Å². The third-order valence-corrected chi connectivity index (χ3v) is 5.42. The fraction of sp³-hybridized carbons (Fsp3) is 0.389. The maximum absolute atomic E-state index is 12.7. The number of ether oxygens (including phenoxy) is 3. The maximum atomic E-state index is 12.7. The van der Waals surface area contributed by atoms with E-state index in [1.54, 1.807) is 7.11 Å². The van der Waals surface area contributed by atoms with Gasteiger partial charge in [-0.15, -0.1) is 11.3 Å². The number of benzene rings is 1. The van der Waals surface area contributed by atoms with Crippen molar-refractivity contribution in [2.45, 2.75) is 25.3 Å². The standard InChI is InChI=1S/C18H19NO4S/c1-21-12-5-6-13-11(9-12)3-2-4-14(13)19-18(20)17-16-15(10-24-17)22-7-8-23-16/h5-6,9-10,14H,2-4,7-8H2,1H3,(H,19,20)/t14-/m0/s1. The van der Waals surface area contributed by atoms with Gasteiger partial charge >= 0.3 is 0 Å². The zero-order valence-electron chi connectivity index (χ0n) is 13.5. The van der Waals surface area contributed by atoms with Crippen LogP contribution in [0, 0.1) is 0 Å². The highest BCUT2D eigenvalue weighted by Crippen LogP contribution is 2.40. The normalized spacial score (nSPS) is 18.6. The molecule has 0 unspecified atom stereocenters.